The average molecular weight is 581 g/mol. The summed E-state index contributed by atoms with van der Waals surface area (Å²) < 4.78 is 3.51. The Morgan fingerprint density at radius 3 is 1.54 bits per heavy atom. The Morgan fingerprint density at radius 1 is 0.410 bits per heavy atom. The van der Waals surface area contributed by atoms with Gasteiger partial charge >= 0.3 is 0 Å². The number of hydrogen-bond donors (Lipinski definition) is 0. The minimum atomic E-state index is -2.61. The molecule has 0 N–H and O–H groups in total. The molecule has 0 spiro atoms. The Hall–Kier alpha value is -4.18. The van der Waals surface area contributed by atoms with Crippen LogP contribution in [0.3, 0.4) is 0 Å². The maximum atomic E-state index is 3.70. The Bertz CT molecular complexity index is 1810. The minimum absolute atomic E-state index is 1.09. The first-order valence-corrected chi connectivity index (χ1v) is 16.0. The predicted molar refractivity (Wildman–Crippen MR) is 172 cm³/mol. The summed E-state index contributed by atoms with van der Waals surface area (Å²) in [5, 5.41) is 8.02. The third kappa shape index (κ3) is 3.89. The maximum Gasteiger partial charge on any atom is 0.179 e. The summed E-state index contributed by atoms with van der Waals surface area (Å²) in [7, 11) is -2.61. The van der Waals surface area contributed by atoms with Crippen molar-refractivity contribution in [3.05, 3.63) is 162 Å². The van der Waals surface area contributed by atoms with Crippen LogP contribution in [0.2, 0.25) is 0 Å². The first kappa shape index (κ1) is 23.9. The number of para-hydroxylation sites is 1. The lowest BCUT2D eigenvalue weighted by Crippen LogP contribution is -2.74. The molecule has 1 aromatic heterocycles. The number of rotatable bonds is 5. The number of hydrogen-bond acceptors (Lipinski definition) is 0. The first-order chi connectivity index (χ1) is 19.3. The van der Waals surface area contributed by atoms with Gasteiger partial charge < -0.3 is 4.57 Å². The number of aromatic nitrogens is 1. The summed E-state index contributed by atoms with van der Waals surface area (Å²) in [5.74, 6) is 0. The van der Waals surface area contributed by atoms with Crippen molar-refractivity contribution in [2.45, 2.75) is 0 Å². The molecule has 0 aliphatic heterocycles. The molecule has 0 amide bonds. The minimum Gasteiger partial charge on any atom is -0.309 e. The molecule has 0 atom stereocenters. The van der Waals surface area contributed by atoms with E-state index >= 15 is 0 Å². The Kier molecular flexibility index (Phi) is 6.03. The molecular formula is C36H26BrNSi. The molecule has 0 saturated heterocycles. The van der Waals surface area contributed by atoms with Crippen LogP contribution in [-0.2, 0) is 0 Å². The summed E-state index contributed by atoms with van der Waals surface area (Å²) in [6, 6.07) is 57.9. The van der Waals surface area contributed by atoms with Gasteiger partial charge in [-0.05, 0) is 57.1 Å². The SMILES string of the molecule is Brc1ccc2c(c1)c1ccccc1n2-c1cccc([Si](c2ccccc2)(c2ccccc2)c2ccccc2)c1. The Labute approximate surface area is 238 Å². The van der Waals surface area contributed by atoms with E-state index in [0.717, 1.165) is 4.47 Å². The van der Waals surface area contributed by atoms with E-state index in [2.05, 4.69) is 178 Å². The van der Waals surface area contributed by atoms with Crippen LogP contribution < -0.4 is 20.7 Å². The lowest BCUT2D eigenvalue weighted by Gasteiger charge is -2.34. The van der Waals surface area contributed by atoms with Gasteiger partial charge in [0.05, 0.1) is 11.0 Å². The van der Waals surface area contributed by atoms with E-state index in [1.54, 1.807) is 0 Å². The standard InChI is InChI=1S/C36H26BrNSi/c37-27-23-24-36-34(25-27)33-21-10-11-22-35(33)38(36)28-13-12-20-32(26-28)39(29-14-4-1-5-15-29,30-16-6-2-7-17-30)31-18-8-3-9-19-31/h1-26H. The van der Waals surface area contributed by atoms with E-state index in [1.807, 2.05) is 0 Å². The Morgan fingerprint density at radius 2 is 0.923 bits per heavy atom. The van der Waals surface area contributed by atoms with Crippen molar-refractivity contribution in [2.75, 3.05) is 0 Å². The molecule has 3 heteroatoms. The van der Waals surface area contributed by atoms with Crippen molar-refractivity contribution in [3.63, 3.8) is 0 Å². The zero-order chi connectivity index (χ0) is 26.2. The number of nitrogens with zero attached hydrogens (tertiary/aromatic N) is 1. The molecule has 7 rings (SSSR count). The van der Waals surface area contributed by atoms with Gasteiger partial charge in [0, 0.05) is 20.9 Å². The van der Waals surface area contributed by atoms with Crippen LogP contribution in [0.1, 0.15) is 0 Å². The molecule has 0 aliphatic rings. The average Bonchev–Trinajstić information content (AvgIpc) is 3.33. The molecule has 186 valence electrons. The first-order valence-electron chi connectivity index (χ1n) is 13.2. The van der Waals surface area contributed by atoms with Crippen molar-refractivity contribution in [1.82, 2.24) is 4.57 Å². The van der Waals surface area contributed by atoms with E-state index in [4.69, 9.17) is 0 Å². The fraction of sp³-hybridized carbons (Fsp3) is 0. The number of benzene rings is 6. The normalized spacial score (nSPS) is 11.7. The van der Waals surface area contributed by atoms with Gasteiger partial charge in [0.15, 0.2) is 8.07 Å². The van der Waals surface area contributed by atoms with Gasteiger partial charge in [-0.15, -0.1) is 0 Å². The second-order valence-corrected chi connectivity index (χ2v) is 14.6. The van der Waals surface area contributed by atoms with E-state index in [9.17, 15) is 0 Å². The largest absolute Gasteiger partial charge is 0.309 e. The molecule has 1 nitrogen and oxygen atoms in total. The van der Waals surface area contributed by atoms with Gasteiger partial charge in [0.25, 0.3) is 0 Å². The van der Waals surface area contributed by atoms with Crippen LogP contribution in [0.5, 0.6) is 0 Å². The Balaban J connectivity index is 1.57. The molecule has 6 aromatic carbocycles. The van der Waals surface area contributed by atoms with Crippen LogP contribution in [-0.4, -0.2) is 12.6 Å². The topological polar surface area (TPSA) is 4.93 Å². The highest BCUT2D eigenvalue weighted by Gasteiger charge is 2.41. The van der Waals surface area contributed by atoms with Crippen molar-refractivity contribution in [1.29, 1.82) is 0 Å². The van der Waals surface area contributed by atoms with Gasteiger partial charge in [0.2, 0.25) is 0 Å². The second kappa shape index (κ2) is 9.85. The summed E-state index contributed by atoms with van der Waals surface area (Å²) in [6.45, 7) is 0. The lowest BCUT2D eigenvalue weighted by atomic mass is 10.2. The summed E-state index contributed by atoms with van der Waals surface area (Å²) in [4.78, 5) is 0. The molecule has 0 unspecified atom stereocenters. The predicted octanol–water partition coefficient (Wildman–Crippen LogP) is 6.92. The van der Waals surface area contributed by atoms with Gasteiger partial charge in [-0.1, -0.05) is 137 Å². The fourth-order valence-corrected chi connectivity index (χ4v) is 11.3. The quantitative estimate of drug-likeness (QED) is 0.154. The third-order valence-corrected chi connectivity index (χ3v) is 13.1. The van der Waals surface area contributed by atoms with E-state index in [-0.39, 0.29) is 0 Å². The van der Waals surface area contributed by atoms with Crippen LogP contribution in [0.25, 0.3) is 27.5 Å². The van der Waals surface area contributed by atoms with Gasteiger partial charge in [-0.3, -0.25) is 0 Å². The smallest absolute Gasteiger partial charge is 0.179 e. The van der Waals surface area contributed by atoms with Crippen molar-refractivity contribution in [3.8, 4) is 5.69 Å². The van der Waals surface area contributed by atoms with Crippen molar-refractivity contribution >= 4 is 66.6 Å². The monoisotopic (exact) mass is 579 g/mol. The van der Waals surface area contributed by atoms with Gasteiger partial charge in [0.1, 0.15) is 0 Å². The van der Waals surface area contributed by atoms with E-state index < -0.39 is 8.07 Å². The second-order valence-electron chi connectivity index (χ2n) is 9.91. The molecule has 0 radical (unpaired) electrons. The zero-order valence-electron chi connectivity index (χ0n) is 21.3. The van der Waals surface area contributed by atoms with Gasteiger partial charge in [-0.2, -0.15) is 0 Å². The molecule has 1 heterocycles. The molecule has 39 heavy (non-hydrogen) atoms. The molecule has 0 fully saturated rings. The van der Waals surface area contributed by atoms with E-state index in [1.165, 1.54) is 48.2 Å². The zero-order valence-corrected chi connectivity index (χ0v) is 23.9. The number of fused-ring (bicyclic) bond motifs is 3. The van der Waals surface area contributed by atoms with Crippen molar-refractivity contribution < 1.29 is 0 Å². The van der Waals surface area contributed by atoms with Gasteiger partial charge in [-0.25, -0.2) is 0 Å². The molecular weight excluding hydrogens is 554 g/mol. The molecule has 0 aliphatic carbocycles. The number of halogens is 1. The fourth-order valence-electron chi connectivity index (χ4n) is 6.17. The molecule has 0 saturated carbocycles. The van der Waals surface area contributed by atoms with Crippen LogP contribution in [0, 0.1) is 0 Å². The summed E-state index contributed by atoms with van der Waals surface area (Å²) >= 11 is 3.70. The van der Waals surface area contributed by atoms with Crippen LogP contribution in [0.4, 0.5) is 0 Å². The highest BCUT2D eigenvalue weighted by molar-refractivity contribution is 9.10. The summed E-state index contributed by atoms with van der Waals surface area (Å²) in [5.41, 5.74) is 3.61. The van der Waals surface area contributed by atoms with E-state index in [0.29, 0.717) is 0 Å². The third-order valence-electron chi connectivity index (χ3n) is 7.79. The van der Waals surface area contributed by atoms with Crippen LogP contribution in [0.15, 0.2) is 162 Å². The summed E-state index contributed by atoms with van der Waals surface area (Å²) in [6.07, 6.45) is 0. The highest BCUT2D eigenvalue weighted by Crippen LogP contribution is 2.33. The van der Waals surface area contributed by atoms with Crippen LogP contribution >= 0.6 is 15.9 Å². The highest BCUT2D eigenvalue weighted by atomic mass is 79.9. The lowest BCUT2D eigenvalue weighted by molar-refractivity contribution is 1.18. The molecule has 7 aromatic rings. The maximum absolute atomic E-state index is 3.70. The molecule has 0 bridgehead atoms. The van der Waals surface area contributed by atoms with Crippen molar-refractivity contribution in [2.24, 2.45) is 0 Å².